The van der Waals surface area contributed by atoms with Gasteiger partial charge >= 0.3 is 12.4 Å². The van der Waals surface area contributed by atoms with E-state index in [9.17, 15) is 9.59 Å². The van der Waals surface area contributed by atoms with Crippen LogP contribution in [0, 0.1) is 0 Å². The summed E-state index contributed by atoms with van der Waals surface area (Å²) in [7, 11) is 0. The highest BCUT2D eigenvalue weighted by molar-refractivity contribution is 5.75. The van der Waals surface area contributed by atoms with Gasteiger partial charge in [-0.3, -0.25) is 9.68 Å². The van der Waals surface area contributed by atoms with E-state index in [-0.39, 0.29) is 6.47 Å². The molecule has 1 atom stereocenters. The van der Waals surface area contributed by atoms with Crippen molar-refractivity contribution in [2.45, 2.75) is 18.9 Å². The Kier molecular flexibility index (Phi) is 5.94. The molecule has 0 heterocycles. The molecule has 0 aliphatic heterocycles. The molecule has 70 valence electrons. The first-order valence-corrected chi connectivity index (χ1v) is 3.48. The largest absolute Gasteiger partial charge is 0.372 e. The predicted molar refractivity (Wildman–Crippen MR) is 39.5 cm³/mol. The molecule has 0 amide bonds. The molecule has 6 nitrogen and oxygen atoms in total. The average Bonchev–Trinajstić information content (AvgIpc) is 2.10. The molecular weight excluding hydrogens is 164 g/mol. The number of hydrogen-bond acceptors (Lipinski definition) is 6. The van der Waals surface area contributed by atoms with Crippen LogP contribution in [0.25, 0.3) is 0 Å². The molecule has 0 aromatic rings. The van der Waals surface area contributed by atoms with Crippen molar-refractivity contribution in [2.75, 3.05) is 6.54 Å². The lowest BCUT2D eigenvalue weighted by Crippen LogP contribution is -2.32. The van der Waals surface area contributed by atoms with Crippen LogP contribution < -0.4 is 11.5 Å². The zero-order chi connectivity index (χ0) is 9.40. The third-order valence-corrected chi connectivity index (χ3v) is 1.19. The van der Waals surface area contributed by atoms with Crippen molar-refractivity contribution in [1.29, 1.82) is 0 Å². The molecule has 0 bridgehead atoms. The molecule has 0 spiro atoms. The normalized spacial score (nSPS) is 11.8. The van der Waals surface area contributed by atoms with E-state index in [1.807, 2.05) is 0 Å². The third-order valence-electron chi connectivity index (χ3n) is 1.19. The van der Waals surface area contributed by atoms with Crippen LogP contribution in [0.15, 0.2) is 0 Å². The van der Waals surface area contributed by atoms with Gasteiger partial charge in [0.2, 0.25) is 0 Å². The van der Waals surface area contributed by atoms with E-state index >= 15 is 0 Å². The topological polar surface area (TPSA) is 105 Å². The summed E-state index contributed by atoms with van der Waals surface area (Å²) in [4.78, 5) is 28.1. The molecule has 12 heavy (non-hydrogen) atoms. The quantitative estimate of drug-likeness (QED) is 0.295. The van der Waals surface area contributed by atoms with Gasteiger partial charge < -0.3 is 11.5 Å². The standard InChI is InChI=1S/C6H12N2O4/c7-3-1-2-5(8)6(10)12-11-4-9/h4-5H,1-3,7-8H2. The fraction of sp³-hybridized carbons (Fsp3) is 0.667. The molecule has 6 heteroatoms. The van der Waals surface area contributed by atoms with Crippen molar-refractivity contribution in [3.8, 4) is 0 Å². The molecule has 0 aliphatic rings. The zero-order valence-corrected chi connectivity index (χ0v) is 6.56. The van der Waals surface area contributed by atoms with Gasteiger partial charge in [0.25, 0.3) is 0 Å². The lowest BCUT2D eigenvalue weighted by Gasteiger charge is -2.06. The molecule has 0 aliphatic carbocycles. The lowest BCUT2D eigenvalue weighted by molar-refractivity contribution is -0.249. The minimum Gasteiger partial charge on any atom is -0.330 e. The minimum absolute atomic E-state index is 0.00749. The molecule has 4 N–H and O–H groups in total. The van der Waals surface area contributed by atoms with Crippen molar-refractivity contribution in [3.05, 3.63) is 0 Å². The molecule has 0 aromatic carbocycles. The molecule has 0 aromatic heterocycles. The van der Waals surface area contributed by atoms with E-state index in [4.69, 9.17) is 11.5 Å². The first-order chi connectivity index (χ1) is 5.72. The number of nitrogens with two attached hydrogens (primary N) is 2. The summed E-state index contributed by atoms with van der Waals surface area (Å²) in [5.41, 5.74) is 10.5. The maximum absolute atomic E-state index is 10.7. The van der Waals surface area contributed by atoms with Crippen LogP contribution in [0.5, 0.6) is 0 Å². The average molecular weight is 176 g/mol. The predicted octanol–water partition coefficient (Wildman–Crippen LogP) is -1.32. The highest BCUT2D eigenvalue weighted by Gasteiger charge is 2.15. The van der Waals surface area contributed by atoms with E-state index in [1.54, 1.807) is 0 Å². The highest BCUT2D eigenvalue weighted by Crippen LogP contribution is 1.95. The smallest absolute Gasteiger partial charge is 0.330 e. The Morgan fingerprint density at radius 2 is 2.25 bits per heavy atom. The van der Waals surface area contributed by atoms with Crippen molar-refractivity contribution < 1.29 is 19.4 Å². The van der Waals surface area contributed by atoms with Gasteiger partial charge in [-0.2, -0.15) is 0 Å². The van der Waals surface area contributed by atoms with Crippen LogP contribution in [-0.4, -0.2) is 25.0 Å². The van der Waals surface area contributed by atoms with Crippen LogP contribution in [0.1, 0.15) is 12.8 Å². The van der Waals surface area contributed by atoms with Crippen molar-refractivity contribution in [1.82, 2.24) is 0 Å². The van der Waals surface area contributed by atoms with Crippen molar-refractivity contribution in [3.63, 3.8) is 0 Å². The van der Waals surface area contributed by atoms with Gasteiger partial charge in [-0.1, -0.05) is 0 Å². The van der Waals surface area contributed by atoms with Gasteiger partial charge in [0.1, 0.15) is 6.04 Å². The van der Waals surface area contributed by atoms with Crippen LogP contribution >= 0.6 is 0 Å². The minimum atomic E-state index is -0.784. The summed E-state index contributed by atoms with van der Waals surface area (Å²) in [6.45, 7) is 0.461. The second kappa shape index (κ2) is 6.56. The van der Waals surface area contributed by atoms with E-state index in [0.29, 0.717) is 19.4 Å². The Labute approximate surface area is 69.7 Å². The number of rotatable bonds is 6. The van der Waals surface area contributed by atoms with Gasteiger partial charge in [-0.05, 0) is 19.4 Å². The third kappa shape index (κ3) is 4.64. The summed E-state index contributed by atoms with van der Waals surface area (Å²) in [6.07, 6.45) is 1.04. The number of hydrogen-bond donors (Lipinski definition) is 2. The highest BCUT2D eigenvalue weighted by atomic mass is 17.2. The fourth-order valence-corrected chi connectivity index (χ4v) is 0.584. The molecule has 0 saturated carbocycles. The Bertz CT molecular complexity index is 150. The van der Waals surface area contributed by atoms with Crippen molar-refractivity contribution in [2.24, 2.45) is 11.5 Å². The lowest BCUT2D eigenvalue weighted by atomic mass is 10.2. The van der Waals surface area contributed by atoms with Gasteiger partial charge in [-0.15, -0.1) is 0 Å². The number of carbonyl (C=O) groups is 2. The molecule has 0 rings (SSSR count). The van der Waals surface area contributed by atoms with Crippen LogP contribution in [0.2, 0.25) is 0 Å². The van der Waals surface area contributed by atoms with E-state index < -0.39 is 12.0 Å². The second-order valence-electron chi connectivity index (χ2n) is 2.13. The Morgan fingerprint density at radius 3 is 2.75 bits per heavy atom. The monoisotopic (exact) mass is 176 g/mol. The summed E-state index contributed by atoms with van der Waals surface area (Å²) in [6, 6.07) is -0.784. The summed E-state index contributed by atoms with van der Waals surface area (Å²) in [5, 5.41) is 0. The molecule has 1 unspecified atom stereocenters. The molecule has 0 saturated heterocycles. The van der Waals surface area contributed by atoms with Crippen LogP contribution in [-0.2, 0) is 19.4 Å². The Hall–Kier alpha value is -1.14. The maximum Gasteiger partial charge on any atom is 0.372 e. The maximum atomic E-state index is 10.7. The molecular formula is C6H12N2O4. The van der Waals surface area contributed by atoms with Gasteiger partial charge in [0.15, 0.2) is 0 Å². The summed E-state index contributed by atoms with van der Waals surface area (Å²) in [5.74, 6) is -0.768. The van der Waals surface area contributed by atoms with E-state index in [1.165, 1.54) is 0 Å². The Morgan fingerprint density at radius 1 is 1.58 bits per heavy atom. The van der Waals surface area contributed by atoms with Crippen molar-refractivity contribution >= 4 is 12.4 Å². The van der Waals surface area contributed by atoms with Gasteiger partial charge in [-0.25, -0.2) is 9.68 Å². The van der Waals surface area contributed by atoms with Crippen LogP contribution in [0.3, 0.4) is 0 Å². The summed E-state index contributed by atoms with van der Waals surface area (Å²) < 4.78 is 0. The first kappa shape index (κ1) is 10.9. The van der Waals surface area contributed by atoms with Gasteiger partial charge in [0, 0.05) is 0 Å². The Balaban J connectivity index is 3.53. The second-order valence-corrected chi connectivity index (χ2v) is 2.13. The fourth-order valence-electron chi connectivity index (χ4n) is 0.584. The first-order valence-electron chi connectivity index (χ1n) is 3.48. The van der Waals surface area contributed by atoms with Gasteiger partial charge in [0.05, 0.1) is 0 Å². The number of carbonyl (C=O) groups excluding carboxylic acids is 2. The molecule has 0 fully saturated rings. The van der Waals surface area contributed by atoms with E-state index in [2.05, 4.69) is 9.78 Å². The zero-order valence-electron chi connectivity index (χ0n) is 6.56. The molecule has 0 radical (unpaired) electrons. The van der Waals surface area contributed by atoms with Crippen LogP contribution in [0.4, 0.5) is 0 Å². The summed E-state index contributed by atoms with van der Waals surface area (Å²) >= 11 is 0. The van der Waals surface area contributed by atoms with E-state index in [0.717, 1.165) is 0 Å². The SMILES string of the molecule is NCCCC(N)C(=O)OOC=O.